The maximum Gasteiger partial charge on any atom is 0.222 e. The van der Waals surface area contributed by atoms with Crippen LogP contribution in [0.2, 0.25) is 0 Å². The van der Waals surface area contributed by atoms with Crippen LogP contribution in [0.25, 0.3) is 0 Å². The van der Waals surface area contributed by atoms with Crippen LogP contribution >= 0.6 is 24.0 Å². The van der Waals surface area contributed by atoms with Gasteiger partial charge in [-0.15, -0.1) is 24.0 Å². The summed E-state index contributed by atoms with van der Waals surface area (Å²) in [5, 5.41) is 3.20. The molecule has 0 radical (unpaired) electrons. The zero-order valence-electron chi connectivity index (χ0n) is 20.4. The molecule has 0 aromatic carbocycles. The predicted octanol–water partition coefficient (Wildman–Crippen LogP) is 2.27. The smallest absolute Gasteiger partial charge is 0.222 e. The number of guanidine groups is 1. The molecule has 2 aliphatic heterocycles. The molecule has 186 valence electrons. The van der Waals surface area contributed by atoms with Gasteiger partial charge in [0.1, 0.15) is 0 Å². The lowest BCUT2D eigenvalue weighted by molar-refractivity contribution is -0.140. The van der Waals surface area contributed by atoms with E-state index in [-0.39, 0.29) is 35.8 Å². The van der Waals surface area contributed by atoms with Gasteiger partial charge in [0.25, 0.3) is 0 Å². The van der Waals surface area contributed by atoms with Crippen molar-refractivity contribution in [1.82, 2.24) is 20.0 Å². The van der Waals surface area contributed by atoms with Crippen LogP contribution < -0.4 is 11.1 Å². The Balaban J connectivity index is 0.00000512. The van der Waals surface area contributed by atoms with Gasteiger partial charge in [-0.2, -0.15) is 0 Å². The van der Waals surface area contributed by atoms with Crippen LogP contribution in [-0.4, -0.2) is 90.9 Å². The van der Waals surface area contributed by atoms with Gasteiger partial charge in [0, 0.05) is 51.6 Å². The number of nitrogens with one attached hydrogen (secondary N) is 1. The first-order valence-corrected chi connectivity index (χ1v) is 12.2. The number of hydrogen-bond acceptors (Lipinski definition) is 4. The molecule has 0 spiro atoms. The summed E-state index contributed by atoms with van der Waals surface area (Å²) in [6.45, 7) is 12.8. The van der Waals surface area contributed by atoms with Gasteiger partial charge in [0.15, 0.2) is 5.96 Å². The molecule has 0 aromatic rings. The van der Waals surface area contributed by atoms with Crippen LogP contribution in [0.5, 0.6) is 0 Å². The van der Waals surface area contributed by atoms with E-state index in [0.29, 0.717) is 56.9 Å². The second-order valence-electron chi connectivity index (χ2n) is 9.25. The SMILES string of the molecule is CCN1CCCC1CN=C(N)NCCCCCC(=O)N1CCN(C(=O)CC(C)C)CC1.I. The van der Waals surface area contributed by atoms with Crippen molar-refractivity contribution in [2.24, 2.45) is 16.6 Å². The molecule has 1 unspecified atom stereocenters. The van der Waals surface area contributed by atoms with E-state index in [4.69, 9.17) is 5.73 Å². The summed E-state index contributed by atoms with van der Waals surface area (Å²) < 4.78 is 0. The van der Waals surface area contributed by atoms with E-state index in [0.717, 1.165) is 38.9 Å². The molecular weight excluding hydrogens is 519 g/mol. The number of likely N-dealkylation sites (N-methyl/N-ethyl adjacent to an activating group) is 1. The minimum absolute atomic E-state index is 0. The second-order valence-corrected chi connectivity index (χ2v) is 9.25. The molecule has 2 heterocycles. The summed E-state index contributed by atoms with van der Waals surface area (Å²) in [6, 6.07) is 0.534. The van der Waals surface area contributed by atoms with E-state index < -0.39 is 0 Å². The second kappa shape index (κ2) is 15.7. The summed E-state index contributed by atoms with van der Waals surface area (Å²) in [5.74, 6) is 1.33. The third-order valence-electron chi connectivity index (χ3n) is 6.32. The number of hydrogen-bond donors (Lipinski definition) is 2. The standard InChI is InChI=1S/C23H44N6O2.HI/c1-4-27-12-8-9-20(27)18-26-23(24)25-11-7-5-6-10-21(30)28-13-15-29(16-14-28)22(31)17-19(2)3;/h19-20H,4-18H2,1-3H3,(H3,24,25,26);1H. The highest BCUT2D eigenvalue weighted by molar-refractivity contribution is 14.0. The van der Waals surface area contributed by atoms with Crippen molar-refractivity contribution in [3.8, 4) is 0 Å². The average Bonchev–Trinajstić information content (AvgIpc) is 3.21. The number of nitrogens with zero attached hydrogens (tertiary/aromatic N) is 4. The van der Waals surface area contributed by atoms with Gasteiger partial charge in [-0.3, -0.25) is 19.5 Å². The number of halogens is 1. The number of likely N-dealkylation sites (tertiary alicyclic amines) is 1. The monoisotopic (exact) mass is 564 g/mol. The number of piperazine rings is 1. The van der Waals surface area contributed by atoms with Gasteiger partial charge in [-0.1, -0.05) is 27.2 Å². The van der Waals surface area contributed by atoms with E-state index in [2.05, 4.69) is 36.0 Å². The Morgan fingerprint density at radius 2 is 1.69 bits per heavy atom. The molecule has 1 atom stereocenters. The number of carbonyl (C=O) groups excluding carboxylic acids is 2. The van der Waals surface area contributed by atoms with E-state index in [1.54, 1.807) is 0 Å². The summed E-state index contributed by atoms with van der Waals surface area (Å²) >= 11 is 0. The molecule has 32 heavy (non-hydrogen) atoms. The molecule has 9 heteroatoms. The lowest BCUT2D eigenvalue weighted by Crippen LogP contribution is -2.50. The quantitative estimate of drug-likeness (QED) is 0.174. The number of rotatable bonds is 11. The van der Waals surface area contributed by atoms with Crippen molar-refractivity contribution in [2.75, 3.05) is 52.4 Å². The molecule has 2 aliphatic rings. The molecule has 0 aromatic heterocycles. The molecular formula is C23H45IN6O2. The molecule has 0 aliphatic carbocycles. The minimum Gasteiger partial charge on any atom is -0.370 e. The highest BCUT2D eigenvalue weighted by Gasteiger charge is 2.24. The van der Waals surface area contributed by atoms with Gasteiger partial charge >= 0.3 is 0 Å². The van der Waals surface area contributed by atoms with Crippen molar-refractivity contribution in [3.05, 3.63) is 0 Å². The molecule has 2 amide bonds. The van der Waals surface area contributed by atoms with Crippen LogP contribution in [0.4, 0.5) is 0 Å². The number of amides is 2. The fourth-order valence-corrected chi connectivity index (χ4v) is 4.41. The number of nitrogens with two attached hydrogens (primary N) is 1. The summed E-state index contributed by atoms with van der Waals surface area (Å²) in [4.78, 5) is 35.3. The van der Waals surface area contributed by atoms with Gasteiger partial charge in [-0.25, -0.2) is 0 Å². The van der Waals surface area contributed by atoms with Gasteiger partial charge in [-0.05, 0) is 44.7 Å². The van der Waals surface area contributed by atoms with Crippen molar-refractivity contribution < 1.29 is 9.59 Å². The summed E-state index contributed by atoms with van der Waals surface area (Å²) in [6.07, 6.45) is 6.50. The fourth-order valence-electron chi connectivity index (χ4n) is 4.41. The Morgan fingerprint density at radius 3 is 2.31 bits per heavy atom. The summed E-state index contributed by atoms with van der Waals surface area (Å²) in [5.41, 5.74) is 5.99. The first kappa shape index (κ1) is 28.9. The number of unbranched alkanes of at least 4 members (excludes halogenated alkanes) is 2. The Morgan fingerprint density at radius 1 is 1.03 bits per heavy atom. The van der Waals surface area contributed by atoms with Gasteiger partial charge in [0.2, 0.25) is 11.8 Å². The predicted molar refractivity (Wildman–Crippen MR) is 141 cm³/mol. The maximum absolute atomic E-state index is 12.4. The summed E-state index contributed by atoms with van der Waals surface area (Å²) in [7, 11) is 0. The maximum atomic E-state index is 12.4. The molecule has 2 saturated heterocycles. The highest BCUT2D eigenvalue weighted by atomic mass is 127. The Kier molecular flexibility index (Phi) is 14.2. The molecule has 0 saturated carbocycles. The molecule has 8 nitrogen and oxygen atoms in total. The van der Waals surface area contributed by atoms with Crippen LogP contribution in [-0.2, 0) is 9.59 Å². The largest absolute Gasteiger partial charge is 0.370 e. The molecule has 2 rings (SSSR count). The van der Waals surface area contributed by atoms with Crippen LogP contribution in [0.15, 0.2) is 4.99 Å². The van der Waals surface area contributed by atoms with Crippen LogP contribution in [0.3, 0.4) is 0 Å². The van der Waals surface area contributed by atoms with E-state index in [9.17, 15) is 9.59 Å². The van der Waals surface area contributed by atoms with Crippen molar-refractivity contribution >= 4 is 41.8 Å². The number of carbonyl (C=O) groups is 2. The molecule has 2 fully saturated rings. The number of aliphatic imine (C=N–C) groups is 1. The lowest BCUT2D eigenvalue weighted by atomic mass is 10.1. The zero-order valence-corrected chi connectivity index (χ0v) is 22.7. The Hall–Kier alpha value is -1.10. The van der Waals surface area contributed by atoms with Gasteiger partial charge in [0.05, 0.1) is 6.54 Å². The minimum atomic E-state index is 0. The van der Waals surface area contributed by atoms with Crippen molar-refractivity contribution in [3.63, 3.8) is 0 Å². The first-order valence-electron chi connectivity index (χ1n) is 12.2. The highest BCUT2D eigenvalue weighted by Crippen LogP contribution is 2.16. The average molecular weight is 565 g/mol. The van der Waals surface area contributed by atoms with E-state index >= 15 is 0 Å². The molecule has 0 bridgehead atoms. The third kappa shape index (κ3) is 10.2. The Labute approximate surface area is 211 Å². The fraction of sp³-hybridized carbons (Fsp3) is 0.870. The van der Waals surface area contributed by atoms with E-state index in [1.807, 2.05) is 9.80 Å². The zero-order chi connectivity index (χ0) is 22.6. The normalized spacial score (nSPS) is 19.9. The first-order chi connectivity index (χ1) is 14.9. The van der Waals surface area contributed by atoms with Crippen LogP contribution in [0.1, 0.15) is 65.7 Å². The van der Waals surface area contributed by atoms with Crippen molar-refractivity contribution in [2.45, 2.75) is 71.8 Å². The van der Waals surface area contributed by atoms with Crippen LogP contribution in [0, 0.1) is 5.92 Å². The Bertz CT molecular complexity index is 593. The van der Waals surface area contributed by atoms with Crippen molar-refractivity contribution in [1.29, 1.82) is 0 Å². The third-order valence-corrected chi connectivity index (χ3v) is 6.32. The molecule has 3 N–H and O–H groups in total. The van der Waals surface area contributed by atoms with Gasteiger partial charge < -0.3 is 20.9 Å². The van der Waals surface area contributed by atoms with E-state index in [1.165, 1.54) is 19.4 Å². The lowest BCUT2D eigenvalue weighted by Gasteiger charge is -2.35. The topological polar surface area (TPSA) is 94.3 Å².